The van der Waals surface area contributed by atoms with E-state index < -0.39 is 0 Å². The summed E-state index contributed by atoms with van der Waals surface area (Å²) in [6, 6.07) is 4.70. The molecule has 5 heteroatoms. The fourth-order valence-corrected chi connectivity index (χ4v) is 1.61. The van der Waals surface area contributed by atoms with Gasteiger partial charge in [0.05, 0.1) is 23.6 Å². The predicted octanol–water partition coefficient (Wildman–Crippen LogP) is 1.92. The molecule has 2 heterocycles. The van der Waals surface area contributed by atoms with Crippen molar-refractivity contribution in [1.82, 2.24) is 14.8 Å². The molecule has 1 atom stereocenters. The van der Waals surface area contributed by atoms with E-state index >= 15 is 0 Å². The summed E-state index contributed by atoms with van der Waals surface area (Å²) >= 11 is 0. The Bertz CT molecular complexity index is 489. The topological polar surface area (TPSA) is 56.7 Å². The number of nitrogens with two attached hydrogens (primary N) is 1. The number of rotatable bonds is 2. The minimum absolute atomic E-state index is 0.103. The Balaban J connectivity index is 2.35. The molecule has 0 radical (unpaired) electrons. The van der Waals surface area contributed by atoms with Crippen LogP contribution in [0.3, 0.4) is 0 Å². The standard InChI is InChI=1S/C11H13FN4/c1-7-5-11(13)16(15-7)8(2)10-4-3-9(12)6-14-10/h3-6,8H,13H2,1-2H3. The van der Waals surface area contributed by atoms with Crippen molar-refractivity contribution in [3.63, 3.8) is 0 Å². The Labute approximate surface area is 92.9 Å². The number of hydrogen-bond acceptors (Lipinski definition) is 3. The minimum atomic E-state index is -0.347. The molecule has 0 bridgehead atoms. The maximum atomic E-state index is 12.7. The van der Waals surface area contributed by atoms with E-state index in [4.69, 9.17) is 5.73 Å². The van der Waals surface area contributed by atoms with Gasteiger partial charge in [-0.05, 0) is 26.0 Å². The average Bonchev–Trinajstić information content (AvgIpc) is 2.58. The molecule has 0 spiro atoms. The van der Waals surface area contributed by atoms with Crippen molar-refractivity contribution < 1.29 is 4.39 Å². The summed E-state index contributed by atoms with van der Waals surface area (Å²) in [5.74, 6) is 0.233. The van der Waals surface area contributed by atoms with Gasteiger partial charge < -0.3 is 5.73 Å². The number of nitrogen functional groups attached to an aromatic ring is 1. The van der Waals surface area contributed by atoms with Gasteiger partial charge in [0.15, 0.2) is 0 Å². The average molecular weight is 220 g/mol. The van der Waals surface area contributed by atoms with Crippen molar-refractivity contribution >= 4 is 5.82 Å². The van der Waals surface area contributed by atoms with Gasteiger partial charge in [0.25, 0.3) is 0 Å². The zero-order valence-corrected chi connectivity index (χ0v) is 9.18. The highest BCUT2D eigenvalue weighted by Gasteiger charge is 2.13. The molecule has 2 aromatic rings. The lowest BCUT2D eigenvalue weighted by Gasteiger charge is -2.13. The van der Waals surface area contributed by atoms with Gasteiger partial charge in [-0.15, -0.1) is 0 Å². The molecule has 0 aliphatic rings. The number of aryl methyl sites for hydroxylation is 1. The summed E-state index contributed by atoms with van der Waals surface area (Å²) < 4.78 is 14.4. The van der Waals surface area contributed by atoms with Gasteiger partial charge in [0, 0.05) is 6.07 Å². The van der Waals surface area contributed by atoms with Crippen LogP contribution in [0, 0.1) is 12.7 Å². The van der Waals surface area contributed by atoms with Crippen molar-refractivity contribution in [2.75, 3.05) is 5.73 Å². The second-order valence-corrected chi connectivity index (χ2v) is 3.73. The number of halogens is 1. The fourth-order valence-electron chi connectivity index (χ4n) is 1.61. The molecule has 84 valence electrons. The van der Waals surface area contributed by atoms with Crippen molar-refractivity contribution in [2.45, 2.75) is 19.9 Å². The Morgan fingerprint density at radius 2 is 2.19 bits per heavy atom. The molecular formula is C11H13FN4. The second-order valence-electron chi connectivity index (χ2n) is 3.73. The van der Waals surface area contributed by atoms with Crippen molar-refractivity contribution in [3.8, 4) is 0 Å². The first-order chi connectivity index (χ1) is 7.58. The van der Waals surface area contributed by atoms with Crippen molar-refractivity contribution in [1.29, 1.82) is 0 Å². The summed E-state index contributed by atoms with van der Waals surface area (Å²) in [6.45, 7) is 3.79. The van der Waals surface area contributed by atoms with E-state index in [-0.39, 0.29) is 11.9 Å². The van der Waals surface area contributed by atoms with Crippen molar-refractivity contribution in [2.24, 2.45) is 0 Å². The summed E-state index contributed by atoms with van der Waals surface area (Å²) in [7, 11) is 0. The highest BCUT2D eigenvalue weighted by molar-refractivity contribution is 5.32. The first-order valence-electron chi connectivity index (χ1n) is 5.01. The lowest BCUT2D eigenvalue weighted by molar-refractivity contribution is 0.549. The van der Waals surface area contributed by atoms with Crippen LogP contribution in [0.2, 0.25) is 0 Å². The van der Waals surface area contributed by atoms with E-state index in [9.17, 15) is 4.39 Å². The van der Waals surface area contributed by atoms with E-state index in [1.807, 2.05) is 13.8 Å². The monoisotopic (exact) mass is 220 g/mol. The highest BCUT2D eigenvalue weighted by atomic mass is 19.1. The molecule has 2 aromatic heterocycles. The fraction of sp³-hybridized carbons (Fsp3) is 0.273. The molecule has 0 saturated heterocycles. The van der Waals surface area contributed by atoms with Gasteiger partial charge >= 0.3 is 0 Å². The molecule has 0 amide bonds. The molecule has 1 unspecified atom stereocenters. The first-order valence-corrected chi connectivity index (χ1v) is 5.01. The highest BCUT2D eigenvalue weighted by Crippen LogP contribution is 2.19. The van der Waals surface area contributed by atoms with Gasteiger partial charge in [0.2, 0.25) is 0 Å². The SMILES string of the molecule is Cc1cc(N)n(C(C)c2ccc(F)cn2)n1. The summed E-state index contributed by atoms with van der Waals surface area (Å²) in [4.78, 5) is 4.01. The molecule has 0 fully saturated rings. The molecule has 0 saturated carbocycles. The molecule has 0 aromatic carbocycles. The molecule has 0 aliphatic heterocycles. The van der Waals surface area contributed by atoms with Crippen molar-refractivity contribution in [3.05, 3.63) is 41.6 Å². The zero-order valence-electron chi connectivity index (χ0n) is 9.18. The van der Waals surface area contributed by atoms with Crippen LogP contribution in [0.1, 0.15) is 24.4 Å². The molecule has 0 aliphatic carbocycles. The molecule has 2 N–H and O–H groups in total. The maximum absolute atomic E-state index is 12.7. The Kier molecular flexibility index (Phi) is 2.60. The van der Waals surface area contributed by atoms with Crippen LogP contribution in [-0.4, -0.2) is 14.8 Å². The normalized spacial score (nSPS) is 12.7. The van der Waals surface area contributed by atoms with Crippen LogP contribution in [0.4, 0.5) is 10.2 Å². The van der Waals surface area contributed by atoms with E-state index in [1.54, 1.807) is 16.8 Å². The van der Waals surface area contributed by atoms with E-state index in [2.05, 4.69) is 10.1 Å². The number of pyridine rings is 1. The Morgan fingerprint density at radius 3 is 2.69 bits per heavy atom. The lowest BCUT2D eigenvalue weighted by atomic mass is 10.2. The molecule has 4 nitrogen and oxygen atoms in total. The Morgan fingerprint density at radius 1 is 1.44 bits per heavy atom. The predicted molar refractivity (Wildman–Crippen MR) is 59.4 cm³/mol. The van der Waals surface area contributed by atoms with Crippen LogP contribution < -0.4 is 5.73 Å². The molecule has 16 heavy (non-hydrogen) atoms. The number of anilines is 1. The van der Waals surface area contributed by atoms with Gasteiger partial charge in [-0.25, -0.2) is 9.07 Å². The van der Waals surface area contributed by atoms with Gasteiger partial charge in [-0.2, -0.15) is 5.10 Å². The summed E-state index contributed by atoms with van der Waals surface area (Å²) in [5, 5.41) is 4.27. The third kappa shape index (κ3) is 1.88. The molecule has 2 rings (SSSR count). The first kappa shape index (κ1) is 10.6. The van der Waals surface area contributed by atoms with Crippen LogP contribution in [-0.2, 0) is 0 Å². The minimum Gasteiger partial charge on any atom is -0.384 e. The van der Waals surface area contributed by atoms with E-state index in [0.717, 1.165) is 11.4 Å². The summed E-state index contributed by atoms with van der Waals surface area (Å²) in [6.07, 6.45) is 1.19. The van der Waals surface area contributed by atoms with Gasteiger partial charge in [-0.3, -0.25) is 4.98 Å². The number of nitrogens with zero attached hydrogens (tertiary/aromatic N) is 3. The number of hydrogen-bond donors (Lipinski definition) is 1. The smallest absolute Gasteiger partial charge is 0.141 e. The third-order valence-corrected chi connectivity index (χ3v) is 2.43. The summed E-state index contributed by atoms with van der Waals surface area (Å²) in [5.41, 5.74) is 7.39. The third-order valence-electron chi connectivity index (χ3n) is 2.43. The van der Waals surface area contributed by atoms with Gasteiger partial charge in [0.1, 0.15) is 11.6 Å². The lowest BCUT2D eigenvalue weighted by Crippen LogP contribution is -2.12. The van der Waals surface area contributed by atoms with Crippen LogP contribution in [0.25, 0.3) is 0 Å². The maximum Gasteiger partial charge on any atom is 0.141 e. The van der Waals surface area contributed by atoms with E-state index in [0.29, 0.717) is 5.82 Å². The second kappa shape index (κ2) is 3.92. The largest absolute Gasteiger partial charge is 0.384 e. The molecular weight excluding hydrogens is 207 g/mol. The quantitative estimate of drug-likeness (QED) is 0.841. The zero-order chi connectivity index (χ0) is 11.7. The Hall–Kier alpha value is -1.91. The number of aromatic nitrogens is 3. The van der Waals surface area contributed by atoms with Crippen LogP contribution in [0.15, 0.2) is 24.4 Å². The van der Waals surface area contributed by atoms with Crippen LogP contribution >= 0.6 is 0 Å². The van der Waals surface area contributed by atoms with Gasteiger partial charge in [-0.1, -0.05) is 0 Å². The van der Waals surface area contributed by atoms with Crippen LogP contribution in [0.5, 0.6) is 0 Å². The van der Waals surface area contributed by atoms with E-state index in [1.165, 1.54) is 12.3 Å².